The van der Waals surface area contributed by atoms with Gasteiger partial charge in [0.2, 0.25) is 0 Å². The van der Waals surface area contributed by atoms with E-state index in [-0.39, 0.29) is 0 Å². The topological polar surface area (TPSA) is 0 Å². The Morgan fingerprint density at radius 1 is 1.08 bits per heavy atom. The SMILES string of the molecule is C/C=C/C/C=C\C[SH]1(C)(C)CC1. The Bertz CT molecular complexity index is 203. The Hall–Kier alpha value is -0.170. The fourth-order valence-electron chi connectivity index (χ4n) is 1.20. The average molecular weight is 186 g/mol. The number of allylic oxidation sites excluding steroid dienone is 3. The van der Waals surface area contributed by atoms with Crippen LogP contribution < -0.4 is 0 Å². The zero-order valence-corrected chi connectivity index (χ0v) is 9.48. The van der Waals surface area contributed by atoms with Gasteiger partial charge in [0.15, 0.2) is 0 Å². The standard InChI is InChI=1S/C11H22S/c1-4-5-6-7-8-9-12(2,3)10-11-12/h4-5,7-8,12H,6,9-11H2,1-3H3/b5-4+,8-7-. The van der Waals surface area contributed by atoms with E-state index < -0.39 is 9.16 Å². The van der Waals surface area contributed by atoms with E-state index in [2.05, 4.69) is 43.7 Å². The van der Waals surface area contributed by atoms with E-state index in [0.717, 1.165) is 6.42 Å². The van der Waals surface area contributed by atoms with Crippen molar-refractivity contribution in [2.45, 2.75) is 13.3 Å². The third-order valence-corrected chi connectivity index (χ3v) is 7.16. The van der Waals surface area contributed by atoms with Crippen LogP contribution in [0.5, 0.6) is 0 Å². The minimum atomic E-state index is -1.03. The van der Waals surface area contributed by atoms with Crippen molar-refractivity contribution in [1.82, 2.24) is 0 Å². The third-order valence-electron chi connectivity index (χ3n) is 2.84. The van der Waals surface area contributed by atoms with Crippen LogP contribution in [0.25, 0.3) is 0 Å². The molecule has 1 fully saturated rings. The number of hydrogen-bond acceptors (Lipinski definition) is 0. The highest BCUT2D eigenvalue weighted by Gasteiger charge is 2.42. The predicted molar refractivity (Wildman–Crippen MR) is 64.0 cm³/mol. The molecule has 0 spiro atoms. The Kier molecular flexibility index (Phi) is 2.72. The van der Waals surface area contributed by atoms with Crippen LogP contribution >= 0.6 is 9.16 Å². The molecule has 1 heteroatoms. The second-order valence-corrected chi connectivity index (χ2v) is 12.2. The fraction of sp³-hybridized carbons (Fsp3) is 0.636. The molecule has 0 radical (unpaired) electrons. The van der Waals surface area contributed by atoms with Gasteiger partial charge in [0, 0.05) is 0 Å². The molecule has 0 unspecified atom stereocenters. The van der Waals surface area contributed by atoms with Gasteiger partial charge in [-0.3, -0.25) is 9.16 Å². The molecule has 0 aromatic carbocycles. The highest BCUT2D eigenvalue weighted by Crippen LogP contribution is 2.75. The zero-order chi connectivity index (χ0) is 9.10. The van der Waals surface area contributed by atoms with Crippen molar-refractivity contribution < 1.29 is 0 Å². The minimum Gasteiger partial charge on any atom is -0.283 e. The molecule has 1 saturated heterocycles. The second kappa shape index (κ2) is 3.29. The highest BCUT2D eigenvalue weighted by molar-refractivity contribution is 8.54. The van der Waals surface area contributed by atoms with Gasteiger partial charge in [-0.05, 0) is 43.1 Å². The monoisotopic (exact) mass is 186 g/mol. The average Bonchev–Trinajstić information content (AvgIpc) is 2.63. The number of rotatable bonds is 4. The van der Waals surface area contributed by atoms with Crippen molar-refractivity contribution in [3.63, 3.8) is 0 Å². The van der Waals surface area contributed by atoms with Crippen LogP contribution in [0.4, 0.5) is 0 Å². The molecule has 0 nitrogen and oxygen atoms in total. The summed E-state index contributed by atoms with van der Waals surface area (Å²) in [6.45, 7) is 2.07. The number of hydrogen-bond donors (Lipinski definition) is 1. The summed E-state index contributed by atoms with van der Waals surface area (Å²) >= 11 is 0. The first-order valence-corrected chi connectivity index (χ1v) is 8.50. The molecule has 1 aliphatic heterocycles. The molecular weight excluding hydrogens is 164 g/mol. The van der Waals surface area contributed by atoms with Gasteiger partial charge < -0.3 is 0 Å². The summed E-state index contributed by atoms with van der Waals surface area (Å²) in [5.74, 6) is 4.43. The lowest BCUT2D eigenvalue weighted by molar-refractivity contribution is 1.36. The summed E-state index contributed by atoms with van der Waals surface area (Å²) in [4.78, 5) is 0. The van der Waals surface area contributed by atoms with Gasteiger partial charge in [0.25, 0.3) is 0 Å². The van der Waals surface area contributed by atoms with Gasteiger partial charge in [0.1, 0.15) is 0 Å². The quantitative estimate of drug-likeness (QED) is 0.389. The van der Waals surface area contributed by atoms with Crippen molar-refractivity contribution in [3.8, 4) is 0 Å². The van der Waals surface area contributed by atoms with Crippen molar-refractivity contribution in [2.24, 2.45) is 0 Å². The van der Waals surface area contributed by atoms with Gasteiger partial charge in [-0.15, -0.1) is 0 Å². The summed E-state index contributed by atoms with van der Waals surface area (Å²) in [6, 6.07) is 0. The molecule has 72 valence electrons. The molecule has 1 heterocycles. The molecule has 0 saturated carbocycles. The largest absolute Gasteiger partial charge is 0.283 e. The second-order valence-electron chi connectivity index (χ2n) is 4.92. The van der Waals surface area contributed by atoms with Gasteiger partial charge in [-0.25, -0.2) is 0 Å². The van der Waals surface area contributed by atoms with Crippen LogP contribution in [-0.4, -0.2) is 29.8 Å². The molecular formula is C11H22S. The van der Waals surface area contributed by atoms with E-state index in [0.29, 0.717) is 0 Å². The fourth-order valence-corrected chi connectivity index (χ4v) is 4.60. The van der Waals surface area contributed by atoms with Crippen LogP contribution in [0.1, 0.15) is 13.3 Å². The molecule has 0 atom stereocenters. The van der Waals surface area contributed by atoms with Crippen LogP contribution in [-0.2, 0) is 0 Å². The minimum absolute atomic E-state index is 1.03. The van der Waals surface area contributed by atoms with Crippen molar-refractivity contribution in [3.05, 3.63) is 24.3 Å². The van der Waals surface area contributed by atoms with Crippen LogP contribution in [0.3, 0.4) is 0 Å². The smallest absolute Gasteiger partial charge is 0.0169 e. The first-order chi connectivity index (χ1) is 5.55. The normalized spacial score (nSPS) is 28.8. The summed E-state index contributed by atoms with van der Waals surface area (Å²) in [7, 11) is -1.03. The van der Waals surface area contributed by atoms with E-state index in [9.17, 15) is 0 Å². The molecule has 1 rings (SSSR count). The first-order valence-electron chi connectivity index (χ1n) is 4.81. The maximum absolute atomic E-state index is 2.52. The van der Waals surface area contributed by atoms with E-state index in [1.807, 2.05) is 0 Å². The van der Waals surface area contributed by atoms with E-state index in [1.54, 1.807) is 0 Å². The molecule has 0 N–H and O–H groups in total. The Morgan fingerprint density at radius 3 is 2.25 bits per heavy atom. The molecule has 0 bridgehead atoms. The van der Waals surface area contributed by atoms with Crippen LogP contribution in [0, 0.1) is 0 Å². The van der Waals surface area contributed by atoms with Crippen molar-refractivity contribution in [2.75, 3.05) is 29.8 Å². The van der Waals surface area contributed by atoms with E-state index in [4.69, 9.17) is 0 Å². The molecule has 1 aliphatic rings. The molecule has 0 amide bonds. The first kappa shape index (κ1) is 9.91. The van der Waals surface area contributed by atoms with E-state index in [1.165, 1.54) is 17.3 Å². The van der Waals surface area contributed by atoms with Gasteiger partial charge in [-0.1, -0.05) is 24.3 Å². The lowest BCUT2D eigenvalue weighted by Crippen LogP contribution is -1.99. The van der Waals surface area contributed by atoms with E-state index >= 15 is 0 Å². The summed E-state index contributed by atoms with van der Waals surface area (Å²) < 4.78 is 0. The highest BCUT2D eigenvalue weighted by atomic mass is 32.3. The molecule has 0 aromatic rings. The molecule has 12 heavy (non-hydrogen) atoms. The van der Waals surface area contributed by atoms with Crippen molar-refractivity contribution >= 4 is 9.16 Å². The lowest BCUT2D eigenvalue weighted by atomic mass is 10.3. The maximum Gasteiger partial charge on any atom is -0.0169 e. The van der Waals surface area contributed by atoms with Gasteiger partial charge >= 0.3 is 0 Å². The predicted octanol–water partition coefficient (Wildman–Crippen LogP) is 2.85. The third kappa shape index (κ3) is 3.06. The maximum atomic E-state index is 2.52. The lowest BCUT2D eigenvalue weighted by Gasteiger charge is -2.32. The van der Waals surface area contributed by atoms with Gasteiger partial charge in [-0.2, -0.15) is 0 Å². The number of thiol groups is 1. The summed E-state index contributed by atoms with van der Waals surface area (Å²) in [6.07, 6.45) is 15.2. The Morgan fingerprint density at radius 2 is 1.75 bits per heavy atom. The van der Waals surface area contributed by atoms with Crippen LogP contribution in [0.2, 0.25) is 0 Å². The zero-order valence-electron chi connectivity index (χ0n) is 8.59. The Labute approximate surface area is 77.0 Å². The summed E-state index contributed by atoms with van der Waals surface area (Å²) in [5, 5.41) is 0. The van der Waals surface area contributed by atoms with Gasteiger partial charge in [0.05, 0.1) is 0 Å². The van der Waals surface area contributed by atoms with Crippen LogP contribution in [0.15, 0.2) is 24.3 Å². The summed E-state index contributed by atoms with van der Waals surface area (Å²) in [5.41, 5.74) is 0. The molecule has 0 aliphatic carbocycles. The molecule has 0 aromatic heterocycles. The van der Waals surface area contributed by atoms with Crippen molar-refractivity contribution in [1.29, 1.82) is 0 Å². The Balaban J connectivity index is 2.22.